The zero-order valence-corrected chi connectivity index (χ0v) is 10.8. The number of carbonyl (C=O) groups excluding carboxylic acids is 1. The lowest BCUT2D eigenvalue weighted by molar-refractivity contribution is -0.142. The van der Waals surface area contributed by atoms with Crippen LogP contribution in [0.1, 0.15) is 18.9 Å². The summed E-state index contributed by atoms with van der Waals surface area (Å²) in [5.41, 5.74) is 1.25. The molecule has 0 aromatic heterocycles. The van der Waals surface area contributed by atoms with Gasteiger partial charge in [-0.25, -0.2) is 0 Å². The fourth-order valence-corrected chi connectivity index (χ4v) is 2.15. The third kappa shape index (κ3) is 3.01. The van der Waals surface area contributed by atoms with Gasteiger partial charge in [-0.1, -0.05) is 19.1 Å². The molecule has 1 fully saturated rings. The number of esters is 1. The van der Waals surface area contributed by atoms with Gasteiger partial charge in [-0.05, 0) is 24.1 Å². The van der Waals surface area contributed by atoms with E-state index in [1.54, 1.807) is 0 Å². The number of benzene rings is 1. The zero-order valence-electron chi connectivity index (χ0n) is 10.8. The highest BCUT2D eigenvalue weighted by atomic mass is 16.5. The van der Waals surface area contributed by atoms with Crippen LogP contribution in [0, 0.1) is 0 Å². The summed E-state index contributed by atoms with van der Waals surface area (Å²) in [6, 6.07) is 7.83. The highest BCUT2D eigenvalue weighted by molar-refractivity contribution is 5.76. The third-order valence-electron chi connectivity index (χ3n) is 3.19. The van der Waals surface area contributed by atoms with Gasteiger partial charge in [0.25, 0.3) is 0 Å². The molecule has 1 aromatic rings. The minimum Gasteiger partial charge on any atom is -0.489 e. The molecule has 1 N–H and O–H groups in total. The van der Waals surface area contributed by atoms with Gasteiger partial charge in [-0.3, -0.25) is 4.79 Å². The molecule has 1 heterocycles. The molecule has 1 aromatic carbocycles. The summed E-state index contributed by atoms with van der Waals surface area (Å²) < 4.78 is 10.6. The summed E-state index contributed by atoms with van der Waals surface area (Å²) in [5.74, 6) is 0.648. The molecule has 0 amide bonds. The Kier molecular flexibility index (Phi) is 4.20. The van der Waals surface area contributed by atoms with Crippen LogP contribution >= 0.6 is 0 Å². The normalized spacial score (nSPS) is 22.8. The van der Waals surface area contributed by atoms with Crippen molar-refractivity contribution in [3.63, 3.8) is 0 Å². The molecule has 0 spiro atoms. The summed E-state index contributed by atoms with van der Waals surface area (Å²) in [5, 5.41) is 3.11. The topological polar surface area (TPSA) is 47.6 Å². The van der Waals surface area contributed by atoms with Crippen molar-refractivity contribution >= 4 is 5.97 Å². The van der Waals surface area contributed by atoms with Gasteiger partial charge in [0.05, 0.1) is 7.11 Å². The van der Waals surface area contributed by atoms with Crippen molar-refractivity contribution in [2.24, 2.45) is 0 Å². The van der Waals surface area contributed by atoms with Gasteiger partial charge in [0, 0.05) is 13.0 Å². The van der Waals surface area contributed by atoms with Gasteiger partial charge in [0.2, 0.25) is 0 Å². The molecule has 98 valence electrons. The molecule has 1 aliphatic heterocycles. The average Bonchev–Trinajstić information content (AvgIpc) is 2.86. The monoisotopic (exact) mass is 249 g/mol. The fourth-order valence-electron chi connectivity index (χ4n) is 2.15. The molecular formula is C14H19NO3. The Morgan fingerprint density at radius 3 is 3.06 bits per heavy atom. The third-order valence-corrected chi connectivity index (χ3v) is 3.19. The van der Waals surface area contributed by atoms with Crippen molar-refractivity contribution in [2.75, 3.05) is 13.7 Å². The minimum absolute atomic E-state index is 0.0289. The van der Waals surface area contributed by atoms with Crippen LogP contribution in [-0.4, -0.2) is 31.8 Å². The molecule has 0 saturated carbocycles. The zero-order chi connectivity index (χ0) is 13.0. The Morgan fingerprint density at radius 1 is 1.50 bits per heavy atom. The first-order valence-corrected chi connectivity index (χ1v) is 6.29. The number of hydrogen-bond donors (Lipinski definition) is 1. The molecule has 0 bridgehead atoms. The lowest BCUT2D eigenvalue weighted by atomic mass is 10.1. The second kappa shape index (κ2) is 5.87. The van der Waals surface area contributed by atoms with Crippen molar-refractivity contribution in [3.05, 3.63) is 29.8 Å². The predicted molar refractivity (Wildman–Crippen MR) is 68.7 cm³/mol. The summed E-state index contributed by atoms with van der Waals surface area (Å²) in [7, 11) is 1.41. The standard InChI is InChI=1S/C14H19NO3/c1-3-10-5-4-6-11(7-10)18-12-8-13(15-9-12)14(16)17-2/h4-7,12-13,15H,3,8-9H2,1-2H3. The lowest BCUT2D eigenvalue weighted by Crippen LogP contribution is -2.31. The number of rotatable bonds is 4. The van der Waals surface area contributed by atoms with E-state index >= 15 is 0 Å². The smallest absolute Gasteiger partial charge is 0.323 e. The molecule has 4 nitrogen and oxygen atoms in total. The molecule has 1 saturated heterocycles. The Labute approximate surface area is 107 Å². The molecule has 2 atom stereocenters. The first-order valence-electron chi connectivity index (χ1n) is 6.29. The Bertz CT molecular complexity index is 419. The van der Waals surface area contributed by atoms with E-state index in [1.807, 2.05) is 18.2 Å². The summed E-state index contributed by atoms with van der Waals surface area (Å²) in [6.07, 6.45) is 1.68. The van der Waals surface area contributed by atoms with Crippen molar-refractivity contribution < 1.29 is 14.3 Å². The van der Waals surface area contributed by atoms with E-state index in [2.05, 4.69) is 18.3 Å². The van der Waals surface area contributed by atoms with E-state index in [1.165, 1.54) is 12.7 Å². The summed E-state index contributed by atoms with van der Waals surface area (Å²) in [4.78, 5) is 11.4. The van der Waals surface area contributed by atoms with E-state index < -0.39 is 0 Å². The number of carbonyl (C=O) groups is 1. The van der Waals surface area contributed by atoms with E-state index in [0.29, 0.717) is 13.0 Å². The lowest BCUT2D eigenvalue weighted by Gasteiger charge is -2.13. The van der Waals surface area contributed by atoms with Crippen LogP contribution in [0.5, 0.6) is 5.75 Å². The van der Waals surface area contributed by atoms with Crippen molar-refractivity contribution in [1.82, 2.24) is 5.32 Å². The molecule has 2 unspecified atom stereocenters. The number of nitrogens with one attached hydrogen (secondary N) is 1. The summed E-state index contributed by atoms with van der Waals surface area (Å²) in [6.45, 7) is 2.79. The molecular weight excluding hydrogens is 230 g/mol. The molecule has 1 aliphatic rings. The second-order valence-corrected chi connectivity index (χ2v) is 4.46. The number of methoxy groups -OCH3 is 1. The van der Waals surface area contributed by atoms with Gasteiger partial charge >= 0.3 is 5.97 Å². The van der Waals surface area contributed by atoms with Gasteiger partial charge in [-0.2, -0.15) is 0 Å². The van der Waals surface area contributed by atoms with Gasteiger partial charge in [-0.15, -0.1) is 0 Å². The maximum Gasteiger partial charge on any atom is 0.323 e. The highest BCUT2D eigenvalue weighted by Gasteiger charge is 2.31. The summed E-state index contributed by atoms with van der Waals surface area (Å²) >= 11 is 0. The number of ether oxygens (including phenoxy) is 2. The second-order valence-electron chi connectivity index (χ2n) is 4.46. The Balaban J connectivity index is 1.92. The van der Waals surface area contributed by atoms with Crippen LogP contribution in [0.2, 0.25) is 0 Å². The first-order chi connectivity index (χ1) is 8.72. The van der Waals surface area contributed by atoms with Gasteiger partial charge in [0.1, 0.15) is 17.9 Å². The molecule has 18 heavy (non-hydrogen) atoms. The molecule has 0 radical (unpaired) electrons. The van der Waals surface area contributed by atoms with Crippen LogP contribution in [-0.2, 0) is 16.0 Å². The van der Waals surface area contributed by atoms with Crippen LogP contribution in [0.15, 0.2) is 24.3 Å². The van der Waals surface area contributed by atoms with Gasteiger partial charge in [0.15, 0.2) is 0 Å². The van der Waals surface area contributed by atoms with Crippen LogP contribution in [0.3, 0.4) is 0 Å². The SMILES string of the molecule is CCc1cccc(OC2CNC(C(=O)OC)C2)c1. The average molecular weight is 249 g/mol. The first kappa shape index (κ1) is 12.9. The largest absolute Gasteiger partial charge is 0.489 e. The van der Waals surface area contributed by atoms with Crippen LogP contribution < -0.4 is 10.1 Å². The quantitative estimate of drug-likeness (QED) is 0.822. The highest BCUT2D eigenvalue weighted by Crippen LogP contribution is 2.19. The van der Waals surface area contributed by atoms with Crippen molar-refractivity contribution in [3.8, 4) is 5.75 Å². The Morgan fingerprint density at radius 2 is 2.33 bits per heavy atom. The van der Waals surface area contributed by atoms with E-state index in [9.17, 15) is 4.79 Å². The van der Waals surface area contributed by atoms with E-state index in [0.717, 1.165) is 12.2 Å². The predicted octanol–water partition coefficient (Wildman–Crippen LogP) is 1.53. The molecule has 4 heteroatoms. The van der Waals surface area contributed by atoms with E-state index in [4.69, 9.17) is 9.47 Å². The van der Waals surface area contributed by atoms with Crippen molar-refractivity contribution in [2.45, 2.75) is 31.9 Å². The van der Waals surface area contributed by atoms with E-state index in [-0.39, 0.29) is 18.1 Å². The maximum absolute atomic E-state index is 11.4. The minimum atomic E-state index is -0.241. The number of hydrogen-bond acceptors (Lipinski definition) is 4. The fraction of sp³-hybridized carbons (Fsp3) is 0.500. The van der Waals surface area contributed by atoms with Crippen LogP contribution in [0.25, 0.3) is 0 Å². The van der Waals surface area contributed by atoms with Crippen LogP contribution in [0.4, 0.5) is 0 Å². The number of aryl methyl sites for hydroxylation is 1. The Hall–Kier alpha value is -1.55. The van der Waals surface area contributed by atoms with Crippen molar-refractivity contribution in [1.29, 1.82) is 0 Å². The molecule has 2 rings (SSSR count). The van der Waals surface area contributed by atoms with Gasteiger partial charge < -0.3 is 14.8 Å². The maximum atomic E-state index is 11.4. The molecule has 0 aliphatic carbocycles.